The van der Waals surface area contributed by atoms with Gasteiger partial charge in [0, 0.05) is 5.02 Å². The van der Waals surface area contributed by atoms with Gasteiger partial charge in [-0.25, -0.2) is 8.42 Å². The van der Waals surface area contributed by atoms with Crippen LogP contribution in [0.15, 0.2) is 108 Å². The van der Waals surface area contributed by atoms with Gasteiger partial charge >= 0.3 is 0 Å². The van der Waals surface area contributed by atoms with E-state index in [1.54, 1.807) is 73.7 Å². The van der Waals surface area contributed by atoms with Crippen LogP contribution in [0.5, 0.6) is 11.5 Å². The predicted octanol–water partition coefficient (Wildman–Crippen LogP) is 6.27. The van der Waals surface area contributed by atoms with Crippen molar-refractivity contribution in [3.63, 3.8) is 0 Å². The summed E-state index contributed by atoms with van der Waals surface area (Å²) >= 11 is 6.17. The molecule has 4 aromatic carbocycles. The van der Waals surface area contributed by atoms with Crippen molar-refractivity contribution in [1.82, 2.24) is 0 Å². The van der Waals surface area contributed by atoms with Crippen molar-refractivity contribution in [2.45, 2.75) is 11.8 Å². The van der Waals surface area contributed by atoms with Gasteiger partial charge in [0.05, 0.1) is 16.3 Å². The van der Waals surface area contributed by atoms with Crippen LogP contribution in [0.1, 0.15) is 5.56 Å². The standard InChI is InChI=1S/C27H23ClN2O4S/c1-20-10-8-9-15-25(20)30(35(32,33)23-13-6-3-7-14-23)19-27(31)29-24-18-21(28)16-17-26(24)34-22-11-4-2-5-12-22/h2-18H,19H2,1H3,(H,29,31). The maximum Gasteiger partial charge on any atom is 0.264 e. The number of halogens is 1. The summed E-state index contributed by atoms with van der Waals surface area (Å²) in [5.74, 6) is 0.411. The van der Waals surface area contributed by atoms with Crippen molar-refractivity contribution in [2.24, 2.45) is 0 Å². The highest BCUT2D eigenvalue weighted by Gasteiger charge is 2.28. The van der Waals surface area contributed by atoms with Crippen LogP contribution >= 0.6 is 11.6 Å². The van der Waals surface area contributed by atoms with Crippen LogP contribution in [0, 0.1) is 6.92 Å². The molecule has 35 heavy (non-hydrogen) atoms. The number of carbonyl (C=O) groups is 1. The maximum absolute atomic E-state index is 13.5. The molecule has 0 aromatic heterocycles. The average molecular weight is 507 g/mol. The fourth-order valence-electron chi connectivity index (χ4n) is 3.49. The monoisotopic (exact) mass is 506 g/mol. The first-order valence-electron chi connectivity index (χ1n) is 10.8. The van der Waals surface area contributed by atoms with Gasteiger partial charge < -0.3 is 10.1 Å². The molecule has 1 N–H and O–H groups in total. The number of hydrogen-bond acceptors (Lipinski definition) is 4. The largest absolute Gasteiger partial charge is 0.455 e. The quantitative estimate of drug-likeness (QED) is 0.305. The van der Waals surface area contributed by atoms with Crippen LogP contribution in [-0.4, -0.2) is 20.9 Å². The van der Waals surface area contributed by atoms with Crippen molar-refractivity contribution in [2.75, 3.05) is 16.2 Å². The third-order valence-corrected chi connectivity index (χ3v) is 7.20. The normalized spacial score (nSPS) is 11.0. The SMILES string of the molecule is Cc1ccccc1N(CC(=O)Nc1cc(Cl)ccc1Oc1ccccc1)S(=O)(=O)c1ccccc1. The molecule has 4 aromatic rings. The summed E-state index contributed by atoms with van der Waals surface area (Å²) in [5.41, 5.74) is 1.46. The lowest BCUT2D eigenvalue weighted by Crippen LogP contribution is -2.38. The van der Waals surface area contributed by atoms with Gasteiger partial charge in [-0.2, -0.15) is 0 Å². The number of benzene rings is 4. The topological polar surface area (TPSA) is 75.7 Å². The highest BCUT2D eigenvalue weighted by atomic mass is 35.5. The molecule has 0 saturated carbocycles. The molecule has 0 atom stereocenters. The van der Waals surface area contributed by atoms with E-state index in [1.165, 1.54) is 12.1 Å². The van der Waals surface area contributed by atoms with Gasteiger partial charge in [0.15, 0.2) is 5.75 Å². The Labute approximate surface area is 209 Å². The number of aryl methyl sites for hydroxylation is 1. The minimum atomic E-state index is -4.02. The number of ether oxygens (including phenoxy) is 1. The van der Waals surface area contributed by atoms with E-state index in [9.17, 15) is 13.2 Å². The zero-order valence-electron chi connectivity index (χ0n) is 18.9. The van der Waals surface area contributed by atoms with Crippen LogP contribution in [-0.2, 0) is 14.8 Å². The molecular formula is C27H23ClN2O4S. The molecule has 0 unspecified atom stereocenters. The third kappa shape index (κ3) is 5.82. The molecular weight excluding hydrogens is 484 g/mol. The van der Waals surface area contributed by atoms with Gasteiger partial charge in [0.25, 0.3) is 10.0 Å². The number of sulfonamides is 1. The number of amides is 1. The van der Waals surface area contributed by atoms with E-state index in [0.717, 1.165) is 9.87 Å². The number of nitrogens with one attached hydrogen (secondary N) is 1. The second-order valence-corrected chi connectivity index (χ2v) is 10.0. The number of carbonyl (C=O) groups excluding carboxylic acids is 1. The lowest BCUT2D eigenvalue weighted by Gasteiger charge is -2.25. The Morgan fingerprint density at radius 2 is 1.51 bits per heavy atom. The second-order valence-electron chi connectivity index (χ2n) is 7.71. The first kappa shape index (κ1) is 24.3. The summed E-state index contributed by atoms with van der Waals surface area (Å²) in [5, 5.41) is 3.16. The van der Waals surface area contributed by atoms with Crippen LogP contribution in [0.25, 0.3) is 0 Å². The van der Waals surface area contributed by atoms with Crippen molar-refractivity contribution in [3.05, 3.63) is 114 Å². The van der Waals surface area contributed by atoms with E-state index in [0.29, 0.717) is 27.9 Å². The molecule has 0 fully saturated rings. The molecule has 0 radical (unpaired) electrons. The number of hydrogen-bond donors (Lipinski definition) is 1. The van der Waals surface area contributed by atoms with Gasteiger partial charge in [-0.1, -0.05) is 66.2 Å². The summed E-state index contributed by atoms with van der Waals surface area (Å²) in [6.07, 6.45) is 0. The summed E-state index contributed by atoms with van der Waals surface area (Å²) in [4.78, 5) is 13.3. The molecule has 0 saturated heterocycles. The van der Waals surface area contributed by atoms with Crippen LogP contribution < -0.4 is 14.4 Å². The summed E-state index contributed by atoms with van der Waals surface area (Å²) in [6, 6.07) is 29.0. The van der Waals surface area contributed by atoms with Crippen LogP contribution in [0.4, 0.5) is 11.4 Å². The molecule has 6 nitrogen and oxygen atoms in total. The minimum Gasteiger partial charge on any atom is -0.455 e. The zero-order chi connectivity index (χ0) is 24.8. The molecule has 0 aliphatic carbocycles. The number of anilines is 2. The Hall–Kier alpha value is -3.81. The summed E-state index contributed by atoms with van der Waals surface area (Å²) in [6.45, 7) is 1.35. The Morgan fingerprint density at radius 1 is 0.886 bits per heavy atom. The van der Waals surface area contributed by atoms with Crippen LogP contribution in [0.2, 0.25) is 5.02 Å². The maximum atomic E-state index is 13.5. The van der Waals surface area contributed by atoms with E-state index >= 15 is 0 Å². The molecule has 178 valence electrons. The first-order chi connectivity index (χ1) is 16.8. The molecule has 0 aliphatic rings. The van der Waals surface area contributed by atoms with E-state index < -0.39 is 22.5 Å². The Bertz CT molecular complexity index is 1430. The highest BCUT2D eigenvalue weighted by molar-refractivity contribution is 7.92. The fraction of sp³-hybridized carbons (Fsp3) is 0.0741. The first-order valence-corrected chi connectivity index (χ1v) is 12.6. The zero-order valence-corrected chi connectivity index (χ0v) is 20.5. The van der Waals surface area contributed by atoms with Crippen LogP contribution in [0.3, 0.4) is 0 Å². The number of nitrogens with zero attached hydrogens (tertiary/aromatic N) is 1. The molecule has 0 spiro atoms. The Balaban J connectivity index is 1.65. The van der Waals surface area contributed by atoms with Gasteiger partial charge in [-0.05, 0) is 61.0 Å². The fourth-order valence-corrected chi connectivity index (χ4v) is 5.17. The van der Waals surface area contributed by atoms with Crippen molar-refractivity contribution >= 4 is 38.9 Å². The van der Waals surface area contributed by atoms with Gasteiger partial charge in [0.2, 0.25) is 5.91 Å². The number of rotatable bonds is 8. The number of para-hydroxylation sites is 2. The highest BCUT2D eigenvalue weighted by Crippen LogP contribution is 2.32. The van der Waals surface area contributed by atoms with E-state index in [-0.39, 0.29) is 4.90 Å². The Morgan fingerprint density at radius 3 is 2.20 bits per heavy atom. The van der Waals surface area contributed by atoms with Crippen molar-refractivity contribution in [1.29, 1.82) is 0 Å². The van der Waals surface area contributed by atoms with Crippen molar-refractivity contribution < 1.29 is 17.9 Å². The lowest BCUT2D eigenvalue weighted by molar-refractivity contribution is -0.114. The second kappa shape index (κ2) is 10.6. The van der Waals surface area contributed by atoms with E-state index in [2.05, 4.69) is 5.32 Å². The average Bonchev–Trinajstić information content (AvgIpc) is 2.86. The molecule has 0 bridgehead atoms. The van der Waals surface area contributed by atoms with Crippen molar-refractivity contribution in [3.8, 4) is 11.5 Å². The molecule has 0 heterocycles. The molecule has 8 heteroatoms. The summed E-state index contributed by atoms with van der Waals surface area (Å²) in [7, 11) is -4.02. The molecule has 1 amide bonds. The van der Waals surface area contributed by atoms with E-state index in [1.807, 2.05) is 24.3 Å². The minimum absolute atomic E-state index is 0.0897. The smallest absolute Gasteiger partial charge is 0.264 e. The Kier molecular flexibility index (Phi) is 7.39. The predicted molar refractivity (Wildman–Crippen MR) is 139 cm³/mol. The van der Waals surface area contributed by atoms with E-state index in [4.69, 9.17) is 16.3 Å². The summed E-state index contributed by atoms with van der Waals surface area (Å²) < 4.78 is 34.1. The van der Waals surface area contributed by atoms with Gasteiger partial charge in [-0.3, -0.25) is 9.10 Å². The lowest BCUT2D eigenvalue weighted by atomic mass is 10.2. The van der Waals surface area contributed by atoms with Gasteiger partial charge in [0.1, 0.15) is 12.3 Å². The molecule has 0 aliphatic heterocycles. The third-order valence-electron chi connectivity index (χ3n) is 5.19. The molecule has 4 rings (SSSR count). The van der Waals surface area contributed by atoms with Gasteiger partial charge in [-0.15, -0.1) is 0 Å².